The highest BCUT2D eigenvalue weighted by molar-refractivity contribution is 6.51. The first-order valence-electron chi connectivity index (χ1n) is 10.4. The van der Waals surface area contributed by atoms with Gasteiger partial charge in [-0.05, 0) is 22.2 Å². The summed E-state index contributed by atoms with van der Waals surface area (Å²) in [5.41, 5.74) is 1.29. The summed E-state index contributed by atoms with van der Waals surface area (Å²) in [5, 5.41) is 7.87. The highest BCUT2D eigenvalue weighted by Gasteiger charge is 2.23. The highest BCUT2D eigenvalue weighted by atomic mass is 19.5. The average molecular weight is 756 g/mol. The lowest BCUT2D eigenvalue weighted by atomic mass is 10.3. The second kappa shape index (κ2) is 22.2. The van der Waals surface area contributed by atoms with E-state index in [1.165, 1.54) is 4.85 Å². The maximum atomic E-state index is 9.75. The minimum atomic E-state index is -6.00. The molecule has 282 valence electrons. The van der Waals surface area contributed by atoms with Crippen LogP contribution in [0, 0.1) is 0 Å². The molecule has 0 aliphatic rings. The van der Waals surface area contributed by atoms with Gasteiger partial charge in [0.15, 0.2) is 0 Å². The molecule has 0 aliphatic heterocycles. The molecule has 0 atom stereocenters. The molecular formula is C10H15B6F24N6O-5. The summed E-state index contributed by atoms with van der Waals surface area (Å²) in [6.07, 6.45) is 1.68. The standard InChI is InChI=1S/C10H15N6O.6BF4/c1-14(2)10(15(3)4)17-16-9-8(12-13-16)6-5-7-11-9;6*2-1(3,4)5/h5-7H,1-4H3;;;;;;/q+1;6*-1. The van der Waals surface area contributed by atoms with E-state index in [4.69, 9.17) is 4.84 Å². The van der Waals surface area contributed by atoms with E-state index < -0.39 is 43.5 Å². The molecule has 0 aliphatic carbocycles. The molecule has 0 amide bonds. The van der Waals surface area contributed by atoms with Gasteiger partial charge in [-0.25, -0.2) is 14.5 Å². The smallest absolute Gasteiger partial charge is 0.418 e. The molecule has 0 unspecified atom stereocenters. The Morgan fingerprint density at radius 1 is 0.596 bits per heavy atom. The summed E-state index contributed by atoms with van der Waals surface area (Å²) in [6, 6.07) is 4.28. The van der Waals surface area contributed by atoms with Crippen LogP contribution in [0.4, 0.5) is 104 Å². The van der Waals surface area contributed by atoms with Crippen LogP contribution in [0.25, 0.3) is 11.2 Å². The van der Waals surface area contributed by atoms with Crippen LogP contribution in [-0.2, 0) is 0 Å². The Bertz CT molecular complexity index is 977. The molecule has 0 N–H and O–H groups in total. The predicted octanol–water partition coefficient (Wildman–Crippen LogP) is 7.24. The quantitative estimate of drug-likeness (QED) is 0.101. The zero-order valence-electron chi connectivity index (χ0n) is 22.9. The summed E-state index contributed by atoms with van der Waals surface area (Å²) >= 11 is 0. The number of aromatic nitrogens is 4. The normalized spacial score (nSPS) is 11.4. The van der Waals surface area contributed by atoms with Crippen LogP contribution in [0.15, 0.2) is 18.3 Å². The van der Waals surface area contributed by atoms with Crippen LogP contribution in [0.1, 0.15) is 0 Å². The van der Waals surface area contributed by atoms with Crippen molar-refractivity contribution < 1.29 is 113 Å². The van der Waals surface area contributed by atoms with Gasteiger partial charge in [-0.2, -0.15) is 0 Å². The van der Waals surface area contributed by atoms with Gasteiger partial charge in [-0.15, -0.1) is 5.10 Å². The molecule has 0 radical (unpaired) electrons. The average Bonchev–Trinajstić information content (AvgIpc) is 3.07. The molecule has 0 saturated heterocycles. The van der Waals surface area contributed by atoms with E-state index in [-0.39, 0.29) is 0 Å². The van der Waals surface area contributed by atoms with Crippen molar-refractivity contribution in [1.29, 1.82) is 0 Å². The van der Waals surface area contributed by atoms with Crippen molar-refractivity contribution in [3.63, 3.8) is 0 Å². The fourth-order valence-corrected chi connectivity index (χ4v) is 1.45. The first-order chi connectivity index (χ1) is 20.1. The van der Waals surface area contributed by atoms with E-state index in [9.17, 15) is 104 Å². The van der Waals surface area contributed by atoms with Gasteiger partial charge in [0.1, 0.15) is 5.52 Å². The third-order valence-corrected chi connectivity index (χ3v) is 2.11. The third-order valence-electron chi connectivity index (χ3n) is 2.11. The van der Waals surface area contributed by atoms with Crippen molar-refractivity contribution in [3.05, 3.63) is 18.3 Å². The lowest BCUT2D eigenvalue weighted by Gasteiger charge is -2.09. The van der Waals surface area contributed by atoms with Crippen LogP contribution in [-0.4, -0.2) is 107 Å². The second-order valence-electron chi connectivity index (χ2n) is 6.94. The van der Waals surface area contributed by atoms with Crippen LogP contribution in [0.3, 0.4) is 0 Å². The zero-order valence-corrected chi connectivity index (χ0v) is 22.9. The van der Waals surface area contributed by atoms with Crippen molar-refractivity contribution in [2.24, 2.45) is 0 Å². The van der Waals surface area contributed by atoms with Crippen LogP contribution < -0.4 is 4.84 Å². The van der Waals surface area contributed by atoms with Gasteiger partial charge in [-0.3, -0.25) is 4.84 Å². The van der Waals surface area contributed by atoms with Crippen molar-refractivity contribution in [1.82, 2.24) is 25.0 Å². The molecule has 2 heterocycles. The number of fused-ring (bicyclic) bond motifs is 1. The van der Waals surface area contributed by atoms with E-state index >= 15 is 0 Å². The Morgan fingerprint density at radius 2 is 0.872 bits per heavy atom. The zero-order chi connectivity index (χ0) is 39.4. The van der Waals surface area contributed by atoms with E-state index in [0.29, 0.717) is 17.2 Å². The molecule has 2 aromatic heterocycles. The fraction of sp³-hybridized carbons (Fsp3) is 0.400. The topological polar surface area (TPSA) is 59.1 Å². The minimum Gasteiger partial charge on any atom is -0.418 e. The maximum absolute atomic E-state index is 9.75. The summed E-state index contributed by atoms with van der Waals surface area (Å²) < 4.78 is 236. The number of nitrogens with zero attached hydrogens (tertiary/aromatic N) is 6. The van der Waals surface area contributed by atoms with Crippen molar-refractivity contribution in [2.75, 3.05) is 28.2 Å². The summed E-state index contributed by atoms with van der Waals surface area (Å²) in [7, 11) is -28.4. The van der Waals surface area contributed by atoms with Gasteiger partial charge in [0.05, 0.1) is 28.2 Å². The van der Waals surface area contributed by atoms with Gasteiger partial charge in [0.2, 0.25) is 5.65 Å². The van der Waals surface area contributed by atoms with Gasteiger partial charge in [0, 0.05) is 6.20 Å². The van der Waals surface area contributed by atoms with Crippen molar-refractivity contribution >= 4 is 60.7 Å². The van der Waals surface area contributed by atoms with E-state index in [2.05, 4.69) is 15.3 Å². The Kier molecular flexibility index (Phi) is 25.0. The molecule has 37 heteroatoms. The maximum Gasteiger partial charge on any atom is 0.673 e. The van der Waals surface area contributed by atoms with Crippen LogP contribution >= 0.6 is 0 Å². The number of halogens is 24. The van der Waals surface area contributed by atoms with Gasteiger partial charge >= 0.3 is 49.5 Å². The van der Waals surface area contributed by atoms with Crippen LogP contribution in [0.2, 0.25) is 0 Å². The monoisotopic (exact) mass is 757 g/mol. The molecule has 0 fully saturated rings. The summed E-state index contributed by atoms with van der Waals surface area (Å²) in [5.74, 6) is 0. The van der Waals surface area contributed by atoms with Crippen molar-refractivity contribution in [2.45, 2.75) is 0 Å². The minimum absolute atomic E-state index is 0.591. The Morgan fingerprint density at radius 3 is 1.11 bits per heavy atom. The molecule has 2 rings (SSSR count). The first-order valence-corrected chi connectivity index (χ1v) is 10.4. The lowest BCUT2D eigenvalue weighted by molar-refractivity contribution is -0.480. The molecule has 2 aromatic rings. The summed E-state index contributed by atoms with van der Waals surface area (Å²) in [4.78, 5) is 13.0. The molecule has 7 nitrogen and oxygen atoms in total. The van der Waals surface area contributed by atoms with Crippen molar-refractivity contribution in [3.8, 4) is 0 Å². The SMILES string of the molecule is CN(C)C(On1nnc2cccnc21)=[N+](C)C.F[B-](F)(F)F.F[B-](F)(F)F.F[B-](F)(F)F.F[B-](F)(F)F.F[B-](F)(F)F.F[B-](F)(F)F. The first kappa shape index (κ1) is 53.0. The molecular weight excluding hydrogens is 741 g/mol. The van der Waals surface area contributed by atoms with Crippen LogP contribution in [0.5, 0.6) is 0 Å². The number of hydrogen-bond acceptors (Lipinski definition) is 4. The number of pyridine rings is 1. The van der Waals surface area contributed by atoms with E-state index in [1.54, 1.807) is 6.20 Å². The Balaban J connectivity index is -0.000000164. The Hall–Kier alpha value is -3.47. The Labute approximate surface area is 246 Å². The largest absolute Gasteiger partial charge is 0.673 e. The predicted molar refractivity (Wildman–Crippen MR) is 124 cm³/mol. The molecule has 0 saturated carbocycles. The van der Waals surface area contributed by atoms with E-state index in [0.717, 1.165) is 0 Å². The number of rotatable bonds is 1. The highest BCUT2D eigenvalue weighted by Crippen LogP contribution is 2.09. The second-order valence-corrected chi connectivity index (χ2v) is 6.94. The van der Waals surface area contributed by atoms with E-state index in [1.807, 2.05) is 49.8 Å². The molecule has 47 heavy (non-hydrogen) atoms. The molecule has 0 spiro atoms. The summed E-state index contributed by atoms with van der Waals surface area (Å²) in [6.45, 7) is 0. The van der Waals surface area contributed by atoms with Gasteiger partial charge in [-0.1, -0.05) is 0 Å². The third kappa shape index (κ3) is 85.8. The lowest BCUT2D eigenvalue weighted by Crippen LogP contribution is -2.39. The van der Waals surface area contributed by atoms with Gasteiger partial charge < -0.3 is 104 Å². The van der Waals surface area contributed by atoms with Gasteiger partial charge in [0.25, 0.3) is 0 Å². The molecule has 0 aromatic carbocycles. The number of amidine groups is 1. The fourth-order valence-electron chi connectivity index (χ4n) is 1.45. The number of hydrogen-bond donors (Lipinski definition) is 0. The molecule has 0 bridgehead atoms.